The van der Waals surface area contributed by atoms with Crippen LogP contribution >= 0.6 is 11.6 Å². The third-order valence-corrected chi connectivity index (χ3v) is 9.33. The minimum absolute atomic E-state index is 0.000400. The maximum Gasteiger partial charge on any atom is 0.264 e. The zero-order valence-corrected chi connectivity index (χ0v) is 24.1. The third-order valence-electron chi connectivity index (χ3n) is 7.17. The molecule has 1 saturated carbocycles. The summed E-state index contributed by atoms with van der Waals surface area (Å²) in [5.41, 5.74) is 1.61. The van der Waals surface area contributed by atoms with E-state index >= 15 is 0 Å². The lowest BCUT2D eigenvalue weighted by molar-refractivity contribution is -0.139. The Morgan fingerprint density at radius 1 is 1.00 bits per heavy atom. The van der Waals surface area contributed by atoms with Gasteiger partial charge in [0.15, 0.2) is 0 Å². The lowest BCUT2D eigenvalue weighted by Crippen LogP contribution is -2.52. The molecule has 1 atom stereocenters. The van der Waals surface area contributed by atoms with Crippen LogP contribution in [0.3, 0.4) is 0 Å². The van der Waals surface area contributed by atoms with E-state index in [1.54, 1.807) is 43.3 Å². The second kappa shape index (κ2) is 12.8. The first-order valence-electron chi connectivity index (χ1n) is 13.2. The van der Waals surface area contributed by atoms with Crippen LogP contribution in [0, 0.1) is 12.7 Å². The lowest BCUT2D eigenvalue weighted by Gasteiger charge is -2.32. The molecule has 40 heavy (non-hydrogen) atoms. The zero-order valence-electron chi connectivity index (χ0n) is 22.5. The van der Waals surface area contributed by atoms with Crippen molar-refractivity contribution >= 4 is 39.1 Å². The highest BCUT2D eigenvalue weighted by Crippen LogP contribution is 2.26. The monoisotopic (exact) mass is 585 g/mol. The average Bonchev–Trinajstić information content (AvgIpc) is 3.44. The molecule has 0 aromatic heterocycles. The molecule has 4 rings (SSSR count). The Labute approximate surface area is 240 Å². The zero-order chi connectivity index (χ0) is 28.9. The van der Waals surface area contributed by atoms with Crippen molar-refractivity contribution in [3.63, 3.8) is 0 Å². The van der Waals surface area contributed by atoms with Crippen LogP contribution in [0.25, 0.3) is 0 Å². The number of rotatable bonds is 10. The van der Waals surface area contributed by atoms with E-state index in [4.69, 9.17) is 11.6 Å². The summed E-state index contributed by atoms with van der Waals surface area (Å²) in [6.07, 6.45) is 3.82. The Balaban J connectivity index is 1.69. The van der Waals surface area contributed by atoms with E-state index in [9.17, 15) is 22.4 Å². The fraction of sp³-hybridized carbons (Fsp3) is 0.333. The molecule has 1 aliphatic carbocycles. The number of carbonyl (C=O) groups is 2. The molecule has 2 amide bonds. The topological polar surface area (TPSA) is 86.8 Å². The summed E-state index contributed by atoms with van der Waals surface area (Å²) in [5.74, 6) is -1.46. The molecule has 1 aliphatic rings. The highest BCUT2D eigenvalue weighted by Gasteiger charge is 2.33. The van der Waals surface area contributed by atoms with Crippen molar-refractivity contribution in [2.45, 2.75) is 63.1 Å². The Kier molecular flexibility index (Phi) is 9.48. The predicted octanol–water partition coefficient (Wildman–Crippen LogP) is 5.46. The molecule has 212 valence electrons. The van der Waals surface area contributed by atoms with Gasteiger partial charge >= 0.3 is 0 Å². The summed E-state index contributed by atoms with van der Waals surface area (Å²) in [5, 5.41) is 3.45. The molecule has 0 saturated heterocycles. The van der Waals surface area contributed by atoms with Gasteiger partial charge in [0.1, 0.15) is 18.4 Å². The van der Waals surface area contributed by atoms with Crippen LogP contribution in [0.4, 0.5) is 10.1 Å². The van der Waals surface area contributed by atoms with E-state index in [0.717, 1.165) is 47.7 Å². The average molecular weight is 586 g/mol. The number of halogens is 2. The number of hydrogen-bond donors (Lipinski definition) is 1. The van der Waals surface area contributed by atoms with Crippen LogP contribution in [-0.4, -0.2) is 43.8 Å². The van der Waals surface area contributed by atoms with Gasteiger partial charge in [-0.1, -0.05) is 60.3 Å². The number of amides is 2. The molecule has 1 unspecified atom stereocenters. The summed E-state index contributed by atoms with van der Waals surface area (Å²) in [6.45, 7) is 2.85. The van der Waals surface area contributed by atoms with Crippen LogP contribution < -0.4 is 9.62 Å². The van der Waals surface area contributed by atoms with Crippen LogP contribution in [0.5, 0.6) is 0 Å². The Morgan fingerprint density at radius 3 is 2.25 bits per heavy atom. The largest absolute Gasteiger partial charge is 0.352 e. The van der Waals surface area contributed by atoms with E-state index in [1.165, 1.54) is 29.2 Å². The summed E-state index contributed by atoms with van der Waals surface area (Å²) in [4.78, 5) is 28.5. The molecule has 0 bridgehead atoms. The molecule has 0 spiro atoms. The highest BCUT2D eigenvalue weighted by molar-refractivity contribution is 7.92. The first kappa shape index (κ1) is 29.6. The maximum absolute atomic E-state index is 13.9. The number of anilines is 1. The molecule has 1 fully saturated rings. The van der Waals surface area contributed by atoms with E-state index < -0.39 is 34.3 Å². The summed E-state index contributed by atoms with van der Waals surface area (Å²) in [7, 11) is -4.22. The van der Waals surface area contributed by atoms with Gasteiger partial charge in [0.2, 0.25) is 11.8 Å². The molecule has 0 radical (unpaired) electrons. The van der Waals surface area contributed by atoms with Gasteiger partial charge in [-0.3, -0.25) is 13.9 Å². The smallest absolute Gasteiger partial charge is 0.264 e. The van der Waals surface area contributed by atoms with E-state index in [2.05, 4.69) is 5.32 Å². The maximum atomic E-state index is 13.9. The van der Waals surface area contributed by atoms with Crippen LogP contribution in [0.1, 0.15) is 43.7 Å². The summed E-state index contributed by atoms with van der Waals surface area (Å²) < 4.78 is 42.3. The van der Waals surface area contributed by atoms with Crippen LogP contribution in [-0.2, 0) is 26.2 Å². The third kappa shape index (κ3) is 7.01. The van der Waals surface area contributed by atoms with E-state index in [0.29, 0.717) is 10.6 Å². The standard InChI is InChI=1S/C30H33ClFN3O4S/c1-21-11-17-27(18-12-21)40(38,39)35(26-15-13-24(32)14-16-26)20-29(36)34(19-23-7-3-6-10-28(23)31)22(2)30(37)33-25-8-4-5-9-25/h3,6-7,10-18,22,25H,4-5,8-9,19-20H2,1-2H3,(H,33,37). The number of sulfonamides is 1. The Hall–Kier alpha value is -3.43. The fourth-order valence-electron chi connectivity index (χ4n) is 4.76. The van der Waals surface area contributed by atoms with Crippen LogP contribution in [0.2, 0.25) is 5.02 Å². The Morgan fingerprint density at radius 2 is 1.62 bits per heavy atom. The number of hydrogen-bond acceptors (Lipinski definition) is 4. The number of carbonyl (C=O) groups excluding carboxylic acids is 2. The number of aryl methyl sites for hydroxylation is 1. The molecule has 0 aliphatic heterocycles. The van der Waals surface area contributed by atoms with Gasteiger partial charge in [-0.15, -0.1) is 0 Å². The normalized spacial score (nSPS) is 14.5. The molecular formula is C30H33ClFN3O4S. The molecular weight excluding hydrogens is 553 g/mol. The summed E-state index contributed by atoms with van der Waals surface area (Å²) in [6, 6.07) is 17.3. The molecule has 1 N–H and O–H groups in total. The lowest BCUT2D eigenvalue weighted by atomic mass is 10.1. The van der Waals surface area contributed by atoms with Gasteiger partial charge in [-0.05, 0) is 74.7 Å². The van der Waals surface area contributed by atoms with Crippen molar-refractivity contribution in [2.24, 2.45) is 0 Å². The second-order valence-corrected chi connectivity index (χ2v) is 12.3. The SMILES string of the molecule is Cc1ccc(S(=O)(=O)N(CC(=O)N(Cc2ccccc2Cl)C(C)C(=O)NC2CCCC2)c2ccc(F)cc2)cc1. The van der Waals surface area contributed by atoms with Crippen molar-refractivity contribution < 1.29 is 22.4 Å². The quantitative estimate of drug-likeness (QED) is 0.342. The van der Waals surface area contributed by atoms with Gasteiger partial charge in [0.25, 0.3) is 10.0 Å². The first-order chi connectivity index (χ1) is 19.1. The second-order valence-electron chi connectivity index (χ2n) is 10.1. The van der Waals surface area contributed by atoms with Crippen molar-refractivity contribution in [1.82, 2.24) is 10.2 Å². The van der Waals surface area contributed by atoms with Gasteiger partial charge in [-0.25, -0.2) is 12.8 Å². The predicted molar refractivity (Wildman–Crippen MR) is 154 cm³/mol. The molecule has 10 heteroatoms. The Bertz CT molecular complexity index is 1440. The van der Waals surface area contributed by atoms with E-state index in [1.807, 2.05) is 6.92 Å². The van der Waals surface area contributed by atoms with Crippen LogP contribution in [0.15, 0.2) is 77.7 Å². The van der Waals surface area contributed by atoms with Crippen molar-refractivity contribution in [1.29, 1.82) is 0 Å². The molecule has 0 heterocycles. The number of nitrogens with one attached hydrogen (secondary N) is 1. The number of nitrogens with zero attached hydrogens (tertiary/aromatic N) is 2. The van der Waals surface area contributed by atoms with Gasteiger partial charge in [0, 0.05) is 17.6 Å². The summed E-state index contributed by atoms with van der Waals surface area (Å²) >= 11 is 6.40. The van der Waals surface area contributed by atoms with Crippen molar-refractivity contribution in [2.75, 3.05) is 10.8 Å². The van der Waals surface area contributed by atoms with Gasteiger partial charge in [-0.2, -0.15) is 0 Å². The minimum Gasteiger partial charge on any atom is -0.352 e. The molecule has 7 nitrogen and oxygen atoms in total. The highest BCUT2D eigenvalue weighted by atomic mass is 35.5. The van der Waals surface area contributed by atoms with Crippen molar-refractivity contribution in [3.05, 3.63) is 94.8 Å². The number of benzene rings is 3. The van der Waals surface area contributed by atoms with Gasteiger partial charge < -0.3 is 10.2 Å². The first-order valence-corrected chi connectivity index (χ1v) is 15.1. The van der Waals surface area contributed by atoms with Crippen molar-refractivity contribution in [3.8, 4) is 0 Å². The van der Waals surface area contributed by atoms with E-state index in [-0.39, 0.29) is 29.1 Å². The van der Waals surface area contributed by atoms with Gasteiger partial charge in [0.05, 0.1) is 10.6 Å². The minimum atomic E-state index is -4.22. The fourth-order valence-corrected chi connectivity index (χ4v) is 6.37. The molecule has 3 aromatic rings. The molecule has 3 aromatic carbocycles.